The number of rotatable bonds is 6. The molecule has 4 aromatic rings. The molecule has 0 atom stereocenters. The summed E-state index contributed by atoms with van der Waals surface area (Å²) >= 11 is 1.66. The summed E-state index contributed by atoms with van der Waals surface area (Å²) in [7, 11) is 1.67. The normalized spacial score (nSPS) is 11.5. The first-order valence-electron chi connectivity index (χ1n) is 8.46. The number of methoxy groups -OCH3 is 1. The van der Waals surface area contributed by atoms with Gasteiger partial charge in [0.25, 0.3) is 0 Å². The Morgan fingerprint density at radius 3 is 2.88 bits per heavy atom. The minimum absolute atomic E-state index is 0.563. The van der Waals surface area contributed by atoms with Crippen molar-refractivity contribution in [1.29, 1.82) is 0 Å². The maximum atomic E-state index is 5.50. The molecule has 0 radical (unpaired) electrons. The quantitative estimate of drug-likeness (QED) is 0.517. The minimum Gasteiger partial charge on any atom is -0.384 e. The highest BCUT2D eigenvalue weighted by Gasteiger charge is 2.18. The fourth-order valence-electron chi connectivity index (χ4n) is 2.74. The van der Waals surface area contributed by atoms with E-state index in [1.165, 1.54) is 0 Å². The number of ether oxygens (including phenoxy) is 1. The van der Waals surface area contributed by atoms with Crippen molar-refractivity contribution in [2.45, 2.75) is 26.7 Å². The van der Waals surface area contributed by atoms with E-state index >= 15 is 0 Å². The summed E-state index contributed by atoms with van der Waals surface area (Å²) in [4.78, 5) is 9.17. The summed E-state index contributed by atoms with van der Waals surface area (Å²) in [6.45, 7) is 4.61. The van der Waals surface area contributed by atoms with Gasteiger partial charge in [0.15, 0.2) is 5.82 Å². The Bertz CT molecular complexity index is 1050. The first-order valence-corrected chi connectivity index (χ1v) is 9.28. The van der Waals surface area contributed by atoms with Crippen LogP contribution in [0.25, 0.3) is 27.5 Å². The van der Waals surface area contributed by atoms with Gasteiger partial charge in [-0.15, -0.1) is 11.3 Å². The molecule has 0 N–H and O–H groups in total. The van der Waals surface area contributed by atoms with Gasteiger partial charge in [-0.3, -0.25) is 0 Å². The lowest BCUT2D eigenvalue weighted by Gasteiger charge is -2.03. The Morgan fingerprint density at radius 1 is 1.23 bits per heavy atom. The van der Waals surface area contributed by atoms with Crippen LogP contribution in [0.5, 0.6) is 0 Å². The molecule has 0 saturated heterocycles. The summed E-state index contributed by atoms with van der Waals surface area (Å²) in [5.41, 5.74) is 2.80. The molecule has 1 aromatic carbocycles. The molecule has 0 aliphatic heterocycles. The number of aromatic nitrogens is 5. The van der Waals surface area contributed by atoms with E-state index in [1.807, 2.05) is 32.0 Å². The van der Waals surface area contributed by atoms with Crippen LogP contribution in [0, 0.1) is 6.92 Å². The average molecular weight is 369 g/mol. The van der Waals surface area contributed by atoms with E-state index < -0.39 is 0 Å². The fraction of sp³-hybridized carbons (Fsp3) is 0.333. The zero-order valence-corrected chi connectivity index (χ0v) is 15.7. The van der Waals surface area contributed by atoms with E-state index in [4.69, 9.17) is 9.26 Å². The summed E-state index contributed by atoms with van der Waals surface area (Å²) in [6, 6.07) is 7.99. The largest absolute Gasteiger partial charge is 0.384 e. The van der Waals surface area contributed by atoms with Crippen molar-refractivity contribution in [2.75, 3.05) is 13.7 Å². The average Bonchev–Trinajstić information content (AvgIpc) is 3.35. The molecule has 3 heterocycles. The molecule has 4 rings (SSSR count). The van der Waals surface area contributed by atoms with Gasteiger partial charge in [0, 0.05) is 19.6 Å². The molecule has 134 valence electrons. The van der Waals surface area contributed by atoms with Crippen LogP contribution < -0.4 is 0 Å². The van der Waals surface area contributed by atoms with E-state index in [-0.39, 0.29) is 0 Å². The number of hydrogen-bond acceptors (Lipinski definition) is 7. The van der Waals surface area contributed by atoms with Crippen molar-refractivity contribution in [3.8, 4) is 17.3 Å². The summed E-state index contributed by atoms with van der Waals surface area (Å²) in [6.07, 6.45) is 1.44. The molecule has 0 saturated carbocycles. The molecule has 7 nitrogen and oxygen atoms in total. The van der Waals surface area contributed by atoms with Crippen molar-refractivity contribution in [1.82, 2.24) is 24.9 Å². The zero-order chi connectivity index (χ0) is 18.1. The van der Waals surface area contributed by atoms with Gasteiger partial charge >= 0.3 is 0 Å². The Kier molecular flexibility index (Phi) is 4.52. The van der Waals surface area contributed by atoms with Gasteiger partial charge in [0.05, 0.1) is 33.2 Å². The van der Waals surface area contributed by atoms with Gasteiger partial charge < -0.3 is 9.26 Å². The Morgan fingerprint density at radius 2 is 2.12 bits per heavy atom. The first-order chi connectivity index (χ1) is 12.7. The number of aryl methyl sites for hydroxylation is 2. The lowest BCUT2D eigenvalue weighted by atomic mass is 10.2. The van der Waals surface area contributed by atoms with Crippen LogP contribution in [0.4, 0.5) is 0 Å². The van der Waals surface area contributed by atoms with Gasteiger partial charge in [0.1, 0.15) is 0 Å². The van der Waals surface area contributed by atoms with Gasteiger partial charge in [-0.25, -0.2) is 14.6 Å². The second kappa shape index (κ2) is 6.97. The topological polar surface area (TPSA) is 78.9 Å². The van der Waals surface area contributed by atoms with Crippen LogP contribution in [-0.2, 0) is 17.6 Å². The van der Waals surface area contributed by atoms with Crippen molar-refractivity contribution in [3.05, 3.63) is 40.8 Å². The van der Waals surface area contributed by atoms with Gasteiger partial charge in [0.2, 0.25) is 11.6 Å². The molecular weight excluding hydrogens is 350 g/mol. The van der Waals surface area contributed by atoms with Crippen LogP contribution in [0.2, 0.25) is 0 Å². The lowest BCUT2D eigenvalue weighted by molar-refractivity contribution is 0.200. The predicted octanol–water partition coefficient (Wildman–Crippen LogP) is 3.59. The SMILES string of the molecule is CCc1cc(-c2nc(CCOC)nn2-c2ccc3nc(C)sc3c2)on1. The summed E-state index contributed by atoms with van der Waals surface area (Å²) in [5.74, 6) is 1.96. The second-order valence-corrected chi connectivity index (χ2v) is 7.16. The highest BCUT2D eigenvalue weighted by molar-refractivity contribution is 7.18. The zero-order valence-electron chi connectivity index (χ0n) is 14.9. The Hall–Kier alpha value is -2.58. The number of hydrogen-bond donors (Lipinski definition) is 0. The van der Waals surface area contributed by atoms with Crippen LogP contribution in [-0.4, -0.2) is 38.6 Å². The molecule has 0 spiro atoms. The monoisotopic (exact) mass is 369 g/mol. The smallest absolute Gasteiger partial charge is 0.204 e. The number of nitrogens with zero attached hydrogens (tertiary/aromatic N) is 5. The molecular formula is C18H19N5O2S. The van der Waals surface area contributed by atoms with Crippen molar-refractivity contribution < 1.29 is 9.26 Å². The van der Waals surface area contributed by atoms with Crippen molar-refractivity contribution >= 4 is 21.6 Å². The van der Waals surface area contributed by atoms with E-state index in [0.29, 0.717) is 30.4 Å². The number of fused-ring (bicyclic) bond motifs is 1. The third kappa shape index (κ3) is 3.13. The Balaban J connectivity index is 1.82. The molecule has 8 heteroatoms. The van der Waals surface area contributed by atoms with Crippen molar-refractivity contribution in [2.24, 2.45) is 0 Å². The molecule has 0 aliphatic carbocycles. The lowest BCUT2D eigenvalue weighted by Crippen LogP contribution is -2.00. The molecule has 26 heavy (non-hydrogen) atoms. The number of thiazole rings is 1. The molecule has 0 bridgehead atoms. The van der Waals surface area contributed by atoms with Gasteiger partial charge in [-0.2, -0.15) is 5.10 Å². The van der Waals surface area contributed by atoms with Crippen LogP contribution in [0.1, 0.15) is 23.4 Å². The van der Waals surface area contributed by atoms with E-state index in [0.717, 1.165) is 33.0 Å². The summed E-state index contributed by atoms with van der Waals surface area (Å²) in [5, 5.41) is 9.79. The fourth-order valence-corrected chi connectivity index (χ4v) is 3.60. The van der Waals surface area contributed by atoms with Gasteiger partial charge in [-0.1, -0.05) is 12.1 Å². The molecule has 0 amide bonds. The predicted molar refractivity (Wildman–Crippen MR) is 99.7 cm³/mol. The third-order valence-electron chi connectivity index (χ3n) is 4.05. The van der Waals surface area contributed by atoms with E-state index in [1.54, 1.807) is 23.1 Å². The minimum atomic E-state index is 0.563. The van der Waals surface area contributed by atoms with E-state index in [2.05, 4.69) is 26.3 Å². The van der Waals surface area contributed by atoms with Crippen LogP contribution in [0.15, 0.2) is 28.8 Å². The van der Waals surface area contributed by atoms with Crippen LogP contribution >= 0.6 is 11.3 Å². The Labute approximate surface area is 154 Å². The van der Waals surface area contributed by atoms with E-state index in [9.17, 15) is 0 Å². The molecule has 0 fully saturated rings. The molecule has 3 aromatic heterocycles. The highest BCUT2D eigenvalue weighted by Crippen LogP contribution is 2.27. The first kappa shape index (κ1) is 16.9. The molecule has 0 unspecified atom stereocenters. The standard InChI is InChI=1S/C18H19N5O2S/c1-4-12-9-15(25-22-12)18-20-17(7-8-24-3)21-23(18)13-5-6-14-16(10-13)26-11(2)19-14/h5-6,9-10H,4,7-8H2,1-3H3. The summed E-state index contributed by atoms with van der Waals surface area (Å²) < 4.78 is 13.6. The maximum Gasteiger partial charge on any atom is 0.204 e. The van der Waals surface area contributed by atoms with Crippen LogP contribution in [0.3, 0.4) is 0 Å². The maximum absolute atomic E-state index is 5.50. The van der Waals surface area contributed by atoms with Crippen molar-refractivity contribution in [3.63, 3.8) is 0 Å². The second-order valence-electron chi connectivity index (χ2n) is 5.93. The highest BCUT2D eigenvalue weighted by atomic mass is 32.1. The molecule has 0 aliphatic rings. The number of benzene rings is 1. The van der Waals surface area contributed by atoms with Gasteiger partial charge in [-0.05, 0) is 31.5 Å². The third-order valence-corrected chi connectivity index (χ3v) is 4.98.